The van der Waals surface area contributed by atoms with Gasteiger partial charge in [-0.25, -0.2) is 0 Å². The Morgan fingerprint density at radius 3 is 2.79 bits per heavy atom. The Morgan fingerprint density at radius 2 is 2.00 bits per heavy atom. The van der Waals surface area contributed by atoms with E-state index in [1.54, 1.807) is 30.5 Å². The van der Waals surface area contributed by atoms with Gasteiger partial charge in [-0.15, -0.1) is 0 Å². The standard InChI is InChI=1S/C20H22BNO7/c23-8-9-27-16-5-3-4-14(10-16)11-19(24)22-20(29-21(25)26)12-15-13-28-18-7-2-1-6-17(15)18/h1-7,10,13,20,23,25-26H,8-9,11-12H2,(H,22,24)/t20-/m1/s1. The van der Waals surface area contributed by atoms with Crippen LogP contribution in [0.1, 0.15) is 11.1 Å². The maximum absolute atomic E-state index is 12.5. The van der Waals surface area contributed by atoms with Crippen LogP contribution >= 0.6 is 0 Å². The highest BCUT2D eigenvalue weighted by Crippen LogP contribution is 2.22. The molecule has 29 heavy (non-hydrogen) atoms. The average Bonchev–Trinajstić information content (AvgIpc) is 3.09. The fourth-order valence-corrected chi connectivity index (χ4v) is 3.00. The third-order valence-corrected chi connectivity index (χ3v) is 4.20. The van der Waals surface area contributed by atoms with Crippen molar-refractivity contribution in [3.8, 4) is 5.75 Å². The minimum Gasteiger partial charge on any atom is -0.491 e. The molecule has 1 heterocycles. The monoisotopic (exact) mass is 399 g/mol. The maximum Gasteiger partial charge on any atom is 0.635 e. The Morgan fingerprint density at radius 1 is 1.17 bits per heavy atom. The van der Waals surface area contributed by atoms with Crippen molar-refractivity contribution in [1.82, 2.24) is 5.32 Å². The number of para-hydroxylation sites is 1. The van der Waals surface area contributed by atoms with Gasteiger partial charge in [-0.3, -0.25) is 4.79 Å². The van der Waals surface area contributed by atoms with E-state index in [2.05, 4.69) is 5.32 Å². The summed E-state index contributed by atoms with van der Waals surface area (Å²) in [7, 11) is -2.03. The van der Waals surface area contributed by atoms with Crippen molar-refractivity contribution < 1.29 is 33.8 Å². The first-order valence-corrected chi connectivity index (χ1v) is 9.14. The molecular weight excluding hydrogens is 377 g/mol. The molecule has 0 saturated carbocycles. The van der Waals surface area contributed by atoms with Gasteiger partial charge in [-0.05, 0) is 23.8 Å². The van der Waals surface area contributed by atoms with Crippen LogP contribution in [0.15, 0.2) is 59.2 Å². The van der Waals surface area contributed by atoms with E-state index in [9.17, 15) is 14.8 Å². The predicted molar refractivity (Wildman–Crippen MR) is 106 cm³/mol. The van der Waals surface area contributed by atoms with Crippen LogP contribution in [0, 0.1) is 0 Å². The zero-order valence-electron chi connectivity index (χ0n) is 15.7. The van der Waals surface area contributed by atoms with Crippen LogP contribution in [0.2, 0.25) is 0 Å². The minimum atomic E-state index is -2.03. The number of aliphatic hydroxyl groups is 1. The number of carbonyl (C=O) groups excluding carboxylic acids is 1. The number of furan rings is 1. The van der Waals surface area contributed by atoms with E-state index in [1.165, 1.54) is 0 Å². The predicted octanol–water partition coefficient (Wildman–Crippen LogP) is 1.02. The van der Waals surface area contributed by atoms with Gasteiger partial charge in [-0.2, -0.15) is 0 Å². The SMILES string of the molecule is O=C(Cc1cccc(OCCO)c1)N[C@@H](Cc1coc2ccccc12)OB(O)O. The van der Waals surface area contributed by atoms with Crippen LogP contribution < -0.4 is 10.1 Å². The van der Waals surface area contributed by atoms with E-state index in [4.69, 9.17) is 18.9 Å². The Labute approximate surface area is 167 Å². The lowest BCUT2D eigenvalue weighted by Crippen LogP contribution is -2.43. The second kappa shape index (κ2) is 10.1. The molecule has 0 unspecified atom stereocenters. The number of nitrogens with one attached hydrogen (secondary N) is 1. The lowest BCUT2D eigenvalue weighted by Gasteiger charge is -2.19. The summed E-state index contributed by atoms with van der Waals surface area (Å²) in [4.78, 5) is 12.5. The van der Waals surface area contributed by atoms with Crippen molar-refractivity contribution in [2.75, 3.05) is 13.2 Å². The number of carbonyl (C=O) groups is 1. The molecule has 0 bridgehead atoms. The zero-order valence-corrected chi connectivity index (χ0v) is 15.7. The van der Waals surface area contributed by atoms with E-state index < -0.39 is 13.5 Å². The number of rotatable bonds is 10. The molecule has 3 aromatic rings. The van der Waals surface area contributed by atoms with Gasteiger partial charge in [0.1, 0.15) is 24.2 Å². The molecular formula is C20H22BNO7. The van der Waals surface area contributed by atoms with Crippen molar-refractivity contribution in [3.63, 3.8) is 0 Å². The average molecular weight is 399 g/mol. The zero-order chi connectivity index (χ0) is 20.6. The van der Waals surface area contributed by atoms with Gasteiger partial charge >= 0.3 is 7.32 Å². The molecule has 0 aliphatic heterocycles. The van der Waals surface area contributed by atoms with E-state index in [-0.39, 0.29) is 32.0 Å². The van der Waals surface area contributed by atoms with Crippen molar-refractivity contribution in [3.05, 3.63) is 65.9 Å². The molecule has 152 valence electrons. The van der Waals surface area contributed by atoms with Gasteiger partial charge in [0.05, 0.1) is 19.3 Å². The van der Waals surface area contributed by atoms with Crippen LogP contribution in [0.4, 0.5) is 0 Å². The third-order valence-electron chi connectivity index (χ3n) is 4.20. The van der Waals surface area contributed by atoms with Crippen molar-refractivity contribution >= 4 is 24.2 Å². The number of benzene rings is 2. The third kappa shape index (κ3) is 6.07. The summed E-state index contributed by atoms with van der Waals surface area (Å²) in [5, 5.41) is 30.8. The van der Waals surface area contributed by atoms with Crippen molar-refractivity contribution in [1.29, 1.82) is 0 Å². The molecule has 1 aromatic heterocycles. The molecule has 0 radical (unpaired) electrons. The number of ether oxygens (including phenoxy) is 1. The van der Waals surface area contributed by atoms with Gasteiger partial charge in [0.25, 0.3) is 0 Å². The molecule has 0 spiro atoms. The minimum absolute atomic E-state index is 0.0455. The van der Waals surface area contributed by atoms with Crippen LogP contribution in [0.5, 0.6) is 5.75 Å². The second-order valence-electron chi connectivity index (χ2n) is 6.38. The van der Waals surface area contributed by atoms with E-state index in [0.717, 1.165) is 10.9 Å². The highest BCUT2D eigenvalue weighted by Gasteiger charge is 2.22. The lowest BCUT2D eigenvalue weighted by atomic mass is 10.1. The number of aliphatic hydroxyl groups excluding tert-OH is 1. The lowest BCUT2D eigenvalue weighted by molar-refractivity contribution is -0.123. The second-order valence-corrected chi connectivity index (χ2v) is 6.38. The fraction of sp³-hybridized carbons (Fsp3) is 0.250. The van der Waals surface area contributed by atoms with Crippen LogP contribution in [0.25, 0.3) is 11.0 Å². The molecule has 9 heteroatoms. The molecule has 3 rings (SSSR count). The van der Waals surface area contributed by atoms with Crippen molar-refractivity contribution in [2.24, 2.45) is 0 Å². The molecule has 0 saturated heterocycles. The Hall–Kier alpha value is -2.85. The Kier molecular flexibility index (Phi) is 7.26. The summed E-state index contributed by atoms with van der Waals surface area (Å²) in [5.74, 6) is 0.190. The van der Waals surface area contributed by atoms with Crippen LogP contribution in [0.3, 0.4) is 0 Å². The Balaban J connectivity index is 1.66. The molecule has 0 aliphatic carbocycles. The highest BCUT2D eigenvalue weighted by molar-refractivity contribution is 6.32. The molecule has 4 N–H and O–H groups in total. The summed E-state index contributed by atoms with van der Waals surface area (Å²) >= 11 is 0. The number of fused-ring (bicyclic) bond motifs is 1. The molecule has 1 amide bonds. The summed E-state index contributed by atoms with van der Waals surface area (Å²) in [6, 6.07) is 14.4. The number of hydrogen-bond acceptors (Lipinski definition) is 7. The van der Waals surface area contributed by atoms with Gasteiger partial charge in [0.2, 0.25) is 5.91 Å². The molecule has 0 fully saturated rings. The van der Waals surface area contributed by atoms with Gasteiger partial charge in [0.15, 0.2) is 0 Å². The van der Waals surface area contributed by atoms with Gasteiger partial charge in [0, 0.05) is 17.4 Å². The number of amides is 1. The summed E-state index contributed by atoms with van der Waals surface area (Å²) in [6.07, 6.45) is 0.834. The van der Waals surface area contributed by atoms with E-state index in [1.807, 2.05) is 24.3 Å². The summed E-state index contributed by atoms with van der Waals surface area (Å²) in [5.41, 5.74) is 2.16. The van der Waals surface area contributed by atoms with Gasteiger partial charge in [-0.1, -0.05) is 30.3 Å². The van der Waals surface area contributed by atoms with Crippen LogP contribution in [-0.4, -0.2) is 47.8 Å². The molecule has 1 atom stereocenters. The maximum atomic E-state index is 12.5. The summed E-state index contributed by atoms with van der Waals surface area (Å²) in [6.45, 7) is 0.0640. The first-order chi connectivity index (χ1) is 14.0. The highest BCUT2D eigenvalue weighted by atomic mass is 16.6. The summed E-state index contributed by atoms with van der Waals surface area (Å²) < 4.78 is 15.9. The van der Waals surface area contributed by atoms with Gasteiger partial charge < -0.3 is 34.3 Å². The molecule has 2 aromatic carbocycles. The first kappa shape index (κ1) is 20.9. The molecule has 0 aliphatic rings. The largest absolute Gasteiger partial charge is 0.635 e. The Bertz CT molecular complexity index is 943. The molecule has 8 nitrogen and oxygen atoms in total. The quantitative estimate of drug-likeness (QED) is 0.297. The van der Waals surface area contributed by atoms with Crippen molar-refractivity contribution in [2.45, 2.75) is 19.1 Å². The van der Waals surface area contributed by atoms with Crippen LogP contribution in [-0.2, 0) is 22.3 Å². The first-order valence-electron chi connectivity index (χ1n) is 9.14. The van der Waals surface area contributed by atoms with E-state index >= 15 is 0 Å². The normalized spacial score (nSPS) is 12.0. The van der Waals surface area contributed by atoms with E-state index in [0.29, 0.717) is 16.9 Å². The number of hydrogen-bond donors (Lipinski definition) is 4. The fourth-order valence-electron chi connectivity index (χ4n) is 3.00. The smallest absolute Gasteiger partial charge is 0.491 e. The topological polar surface area (TPSA) is 121 Å².